The van der Waals surface area contributed by atoms with Crippen LogP contribution in [0.4, 0.5) is 0 Å². The number of benzene rings is 1. The normalized spacial score (nSPS) is 24.3. The lowest BCUT2D eigenvalue weighted by Gasteiger charge is -2.37. The molecule has 1 saturated carbocycles. The topological polar surface area (TPSA) is 12.5 Å². The van der Waals surface area contributed by atoms with Gasteiger partial charge in [-0.3, -0.25) is 4.90 Å². The van der Waals surface area contributed by atoms with Crippen molar-refractivity contribution in [2.24, 2.45) is 5.92 Å². The molecule has 0 aromatic heterocycles. The van der Waals surface area contributed by atoms with Crippen LogP contribution < -0.4 is 0 Å². The van der Waals surface area contributed by atoms with Crippen LogP contribution >= 0.6 is 0 Å². The Hall–Kier alpha value is -0.643. The van der Waals surface area contributed by atoms with Crippen molar-refractivity contribution in [3.63, 3.8) is 0 Å². The minimum atomic E-state index is -1.61. The molecule has 1 aliphatic carbocycles. The van der Waals surface area contributed by atoms with Crippen molar-refractivity contribution in [2.45, 2.75) is 70.2 Å². The number of hydrogen-bond acceptors (Lipinski definition) is 2. The van der Waals surface area contributed by atoms with E-state index in [0.717, 1.165) is 19.1 Å². The molecule has 2 fully saturated rings. The highest BCUT2D eigenvalue weighted by molar-refractivity contribution is 6.74. The predicted octanol–water partition coefficient (Wildman–Crippen LogP) is 5.06. The Morgan fingerprint density at radius 2 is 1.83 bits per heavy atom. The Bertz CT molecular complexity index is 530. The maximum atomic E-state index is 6.51. The minimum Gasteiger partial charge on any atom is -0.416 e. The second kappa shape index (κ2) is 6.02. The summed E-state index contributed by atoms with van der Waals surface area (Å²) >= 11 is 0. The summed E-state index contributed by atoms with van der Waals surface area (Å²) in [7, 11) is -1.61. The van der Waals surface area contributed by atoms with Gasteiger partial charge in [0.05, 0.1) is 0 Å². The third-order valence-corrected chi connectivity index (χ3v) is 10.8. The number of rotatable bonds is 5. The van der Waals surface area contributed by atoms with Gasteiger partial charge in [0, 0.05) is 25.2 Å². The van der Waals surface area contributed by atoms with Gasteiger partial charge < -0.3 is 4.43 Å². The molecule has 0 amide bonds. The molecule has 1 unspecified atom stereocenters. The van der Waals surface area contributed by atoms with Gasteiger partial charge in [-0.2, -0.15) is 0 Å². The molecule has 0 radical (unpaired) electrons. The second-order valence-electron chi connectivity index (χ2n) is 9.23. The van der Waals surface area contributed by atoms with Crippen LogP contribution in [0.3, 0.4) is 0 Å². The first-order valence-corrected chi connectivity index (χ1v) is 12.1. The molecule has 1 aromatic rings. The zero-order valence-electron chi connectivity index (χ0n) is 15.6. The zero-order chi connectivity index (χ0) is 16.7. The van der Waals surface area contributed by atoms with Gasteiger partial charge in [0.25, 0.3) is 0 Å². The molecule has 1 aromatic carbocycles. The van der Waals surface area contributed by atoms with Gasteiger partial charge in [-0.05, 0) is 48.9 Å². The first kappa shape index (κ1) is 17.2. The van der Waals surface area contributed by atoms with E-state index in [4.69, 9.17) is 4.43 Å². The molecule has 128 valence electrons. The summed E-state index contributed by atoms with van der Waals surface area (Å²) in [5, 5.41) is 0.312. The van der Waals surface area contributed by atoms with Crippen molar-refractivity contribution in [1.82, 2.24) is 4.90 Å². The number of nitrogens with zero attached hydrogens (tertiary/aromatic N) is 1. The van der Waals surface area contributed by atoms with E-state index in [9.17, 15) is 0 Å². The standard InChI is InChI=1S/C20H33NOSi/c1-19(2,3)23(4,5)22-16-18-13-20(11-12-20)21(15-18)14-17-9-7-6-8-10-17/h6-10,18H,11-16H2,1-5H3. The largest absolute Gasteiger partial charge is 0.416 e. The van der Waals surface area contributed by atoms with Crippen LogP contribution in [0.2, 0.25) is 18.1 Å². The van der Waals surface area contributed by atoms with Crippen molar-refractivity contribution >= 4 is 8.32 Å². The molecule has 0 bridgehead atoms. The van der Waals surface area contributed by atoms with Gasteiger partial charge in [-0.1, -0.05) is 51.1 Å². The third-order valence-electron chi connectivity index (χ3n) is 6.35. The average molecular weight is 332 g/mol. The van der Waals surface area contributed by atoms with Crippen molar-refractivity contribution in [3.8, 4) is 0 Å². The second-order valence-corrected chi connectivity index (χ2v) is 14.0. The average Bonchev–Trinajstić information content (AvgIpc) is 3.16. The number of hydrogen-bond donors (Lipinski definition) is 0. The summed E-state index contributed by atoms with van der Waals surface area (Å²) in [5.41, 5.74) is 1.96. The first-order valence-electron chi connectivity index (χ1n) is 9.15. The van der Waals surface area contributed by atoms with Gasteiger partial charge in [0.15, 0.2) is 8.32 Å². The fourth-order valence-corrected chi connectivity index (χ4v) is 4.68. The summed E-state index contributed by atoms with van der Waals surface area (Å²) < 4.78 is 6.51. The lowest BCUT2D eigenvalue weighted by molar-refractivity contribution is 0.207. The Balaban J connectivity index is 1.58. The highest BCUT2D eigenvalue weighted by atomic mass is 28.4. The zero-order valence-corrected chi connectivity index (χ0v) is 16.6. The van der Waals surface area contributed by atoms with E-state index >= 15 is 0 Å². The Morgan fingerprint density at radius 3 is 2.39 bits per heavy atom. The van der Waals surface area contributed by atoms with E-state index < -0.39 is 8.32 Å². The predicted molar refractivity (Wildman–Crippen MR) is 100 cm³/mol. The molecule has 0 N–H and O–H groups in total. The van der Waals surface area contributed by atoms with E-state index in [1.54, 1.807) is 0 Å². The van der Waals surface area contributed by atoms with Crippen LogP contribution in [-0.2, 0) is 11.0 Å². The molecule has 1 atom stereocenters. The molecule has 3 rings (SSSR count). The van der Waals surface area contributed by atoms with E-state index in [0.29, 0.717) is 10.6 Å². The van der Waals surface area contributed by atoms with E-state index in [1.165, 1.54) is 31.4 Å². The molecule has 2 aliphatic rings. The Morgan fingerprint density at radius 1 is 1.17 bits per heavy atom. The van der Waals surface area contributed by atoms with Crippen LogP contribution in [0.5, 0.6) is 0 Å². The van der Waals surface area contributed by atoms with E-state index in [-0.39, 0.29) is 0 Å². The third kappa shape index (κ3) is 3.72. The SMILES string of the molecule is CC(C)(C)[Si](C)(C)OCC1CN(Cc2ccccc2)C2(CC2)C1. The van der Waals surface area contributed by atoms with Crippen LogP contribution in [0.1, 0.15) is 45.6 Å². The van der Waals surface area contributed by atoms with Crippen molar-refractivity contribution in [2.75, 3.05) is 13.2 Å². The number of likely N-dealkylation sites (tertiary alicyclic amines) is 1. The maximum absolute atomic E-state index is 6.51. The molecule has 23 heavy (non-hydrogen) atoms. The molecule has 3 heteroatoms. The Kier molecular flexibility index (Phi) is 4.50. The fraction of sp³-hybridized carbons (Fsp3) is 0.700. The lowest BCUT2D eigenvalue weighted by Crippen LogP contribution is -2.42. The molecule has 2 nitrogen and oxygen atoms in total. The van der Waals surface area contributed by atoms with E-state index in [2.05, 4.69) is 69.1 Å². The minimum absolute atomic E-state index is 0.312. The summed E-state index contributed by atoms with van der Waals surface area (Å²) in [5.74, 6) is 0.718. The van der Waals surface area contributed by atoms with Crippen molar-refractivity contribution in [1.29, 1.82) is 0 Å². The molecule has 1 saturated heterocycles. The van der Waals surface area contributed by atoms with Gasteiger partial charge in [0.1, 0.15) is 0 Å². The van der Waals surface area contributed by atoms with Crippen LogP contribution in [0.15, 0.2) is 30.3 Å². The fourth-order valence-electron chi connectivity index (χ4n) is 3.59. The summed E-state index contributed by atoms with van der Waals surface area (Å²) in [4.78, 5) is 2.74. The van der Waals surface area contributed by atoms with Crippen molar-refractivity contribution in [3.05, 3.63) is 35.9 Å². The molecule has 1 heterocycles. The van der Waals surface area contributed by atoms with Gasteiger partial charge in [-0.15, -0.1) is 0 Å². The molecule has 1 aliphatic heterocycles. The van der Waals surface area contributed by atoms with E-state index in [1.807, 2.05) is 0 Å². The highest BCUT2D eigenvalue weighted by Gasteiger charge is 2.54. The van der Waals surface area contributed by atoms with Gasteiger partial charge in [-0.25, -0.2) is 0 Å². The van der Waals surface area contributed by atoms with Gasteiger partial charge >= 0.3 is 0 Å². The molecule has 1 spiro atoms. The smallest absolute Gasteiger partial charge is 0.191 e. The summed E-state index contributed by atoms with van der Waals surface area (Å²) in [6.07, 6.45) is 4.11. The Labute approximate surface area is 143 Å². The summed E-state index contributed by atoms with van der Waals surface area (Å²) in [6, 6.07) is 10.9. The highest BCUT2D eigenvalue weighted by Crippen LogP contribution is 2.52. The van der Waals surface area contributed by atoms with Crippen LogP contribution in [0.25, 0.3) is 0 Å². The lowest BCUT2D eigenvalue weighted by atomic mass is 10.1. The monoisotopic (exact) mass is 331 g/mol. The van der Waals surface area contributed by atoms with Crippen LogP contribution in [-0.4, -0.2) is 31.9 Å². The summed E-state index contributed by atoms with van der Waals surface area (Å²) in [6.45, 7) is 15.0. The quantitative estimate of drug-likeness (QED) is 0.699. The molecular formula is C20H33NOSi. The van der Waals surface area contributed by atoms with Crippen molar-refractivity contribution < 1.29 is 4.43 Å². The molecular weight excluding hydrogens is 298 g/mol. The van der Waals surface area contributed by atoms with Gasteiger partial charge in [0.2, 0.25) is 0 Å². The maximum Gasteiger partial charge on any atom is 0.191 e. The van der Waals surface area contributed by atoms with Crippen LogP contribution in [0, 0.1) is 5.92 Å². The first-order chi connectivity index (χ1) is 10.7.